The number of rotatable bonds is 5. The van der Waals surface area contributed by atoms with Crippen LogP contribution in [0.1, 0.15) is 52.9 Å². The van der Waals surface area contributed by atoms with E-state index in [9.17, 15) is 4.79 Å². The molecule has 0 fully saturated rings. The van der Waals surface area contributed by atoms with Crippen molar-refractivity contribution in [2.45, 2.75) is 46.7 Å². The van der Waals surface area contributed by atoms with E-state index in [1.807, 2.05) is 20.0 Å². The van der Waals surface area contributed by atoms with E-state index in [0.717, 1.165) is 11.4 Å². The van der Waals surface area contributed by atoms with Crippen LogP contribution in [0, 0.1) is 6.92 Å². The highest BCUT2D eigenvalue weighted by Crippen LogP contribution is 2.22. The zero-order valence-electron chi connectivity index (χ0n) is 12.8. The van der Waals surface area contributed by atoms with Gasteiger partial charge in [0.05, 0.1) is 17.4 Å². The van der Waals surface area contributed by atoms with Gasteiger partial charge in [0.15, 0.2) is 0 Å². The molecule has 2 aromatic rings. The van der Waals surface area contributed by atoms with Gasteiger partial charge in [-0.2, -0.15) is 5.10 Å². The number of amides is 1. The molecule has 114 valence electrons. The average Bonchev–Trinajstić information content (AvgIpc) is 3.04. The van der Waals surface area contributed by atoms with E-state index in [0.29, 0.717) is 23.6 Å². The van der Waals surface area contributed by atoms with E-state index in [1.54, 1.807) is 22.9 Å². The third kappa shape index (κ3) is 3.07. The van der Waals surface area contributed by atoms with Crippen molar-refractivity contribution in [1.29, 1.82) is 0 Å². The van der Waals surface area contributed by atoms with Crippen molar-refractivity contribution in [2.75, 3.05) is 5.73 Å². The van der Waals surface area contributed by atoms with E-state index in [-0.39, 0.29) is 11.9 Å². The summed E-state index contributed by atoms with van der Waals surface area (Å²) >= 11 is 1.62. The Labute approximate surface area is 128 Å². The maximum absolute atomic E-state index is 12.4. The number of nitrogens with two attached hydrogens (primary N) is 1. The molecule has 1 atom stereocenters. The molecule has 0 aromatic carbocycles. The van der Waals surface area contributed by atoms with Crippen LogP contribution in [0.5, 0.6) is 0 Å². The minimum atomic E-state index is -0.212. The molecule has 0 radical (unpaired) electrons. The highest BCUT2D eigenvalue weighted by molar-refractivity contribution is 7.11. The van der Waals surface area contributed by atoms with Crippen LogP contribution in [-0.2, 0) is 13.0 Å². The normalized spacial score (nSPS) is 12.4. The van der Waals surface area contributed by atoms with E-state index >= 15 is 0 Å². The highest BCUT2D eigenvalue weighted by atomic mass is 32.1. The van der Waals surface area contributed by atoms with Crippen LogP contribution in [-0.4, -0.2) is 20.7 Å². The predicted molar refractivity (Wildman–Crippen MR) is 84.4 cm³/mol. The van der Waals surface area contributed by atoms with Gasteiger partial charge in [0.2, 0.25) is 0 Å². The minimum absolute atomic E-state index is 0.150. The molecule has 7 heteroatoms. The predicted octanol–water partition coefficient (Wildman–Crippen LogP) is 2.30. The second kappa shape index (κ2) is 6.26. The van der Waals surface area contributed by atoms with Crippen molar-refractivity contribution < 1.29 is 4.79 Å². The van der Waals surface area contributed by atoms with Gasteiger partial charge in [0.1, 0.15) is 10.7 Å². The summed E-state index contributed by atoms with van der Waals surface area (Å²) in [6.07, 6.45) is 2.81. The molecule has 1 amide bonds. The lowest BCUT2D eigenvalue weighted by molar-refractivity contribution is 0.0930. The number of carbonyl (C=O) groups is 1. The van der Waals surface area contributed by atoms with Crippen LogP contribution in [0.3, 0.4) is 0 Å². The van der Waals surface area contributed by atoms with Crippen LogP contribution in [0.4, 0.5) is 5.69 Å². The summed E-state index contributed by atoms with van der Waals surface area (Å²) in [6.45, 7) is 8.35. The zero-order valence-corrected chi connectivity index (χ0v) is 13.6. The summed E-state index contributed by atoms with van der Waals surface area (Å²) in [6, 6.07) is -0.150. The van der Waals surface area contributed by atoms with Gasteiger partial charge in [-0.1, -0.05) is 6.92 Å². The van der Waals surface area contributed by atoms with Crippen LogP contribution < -0.4 is 11.1 Å². The third-order valence-electron chi connectivity index (χ3n) is 3.33. The van der Waals surface area contributed by atoms with Gasteiger partial charge < -0.3 is 11.1 Å². The Morgan fingerprint density at radius 3 is 2.81 bits per heavy atom. The van der Waals surface area contributed by atoms with E-state index in [1.165, 1.54) is 4.88 Å². The molecule has 0 bridgehead atoms. The van der Waals surface area contributed by atoms with Crippen LogP contribution in [0.2, 0.25) is 0 Å². The topological polar surface area (TPSA) is 85.8 Å². The van der Waals surface area contributed by atoms with Crippen molar-refractivity contribution in [3.8, 4) is 0 Å². The Hall–Kier alpha value is -1.89. The second-order valence-corrected chi connectivity index (χ2v) is 6.02. The van der Waals surface area contributed by atoms with Gasteiger partial charge in [-0.15, -0.1) is 11.3 Å². The molecular weight excluding hydrogens is 286 g/mol. The number of hydrogen-bond donors (Lipinski definition) is 2. The summed E-state index contributed by atoms with van der Waals surface area (Å²) < 4.78 is 1.63. The summed E-state index contributed by atoms with van der Waals surface area (Å²) in [5, 5.41) is 8.11. The number of nitrogens with one attached hydrogen (secondary N) is 1. The molecule has 2 rings (SSSR count). The number of hydrogen-bond acceptors (Lipinski definition) is 5. The van der Waals surface area contributed by atoms with Crippen LogP contribution in [0.25, 0.3) is 0 Å². The number of aryl methyl sites for hydroxylation is 3. The van der Waals surface area contributed by atoms with Gasteiger partial charge in [-0.25, -0.2) is 4.98 Å². The molecule has 21 heavy (non-hydrogen) atoms. The van der Waals surface area contributed by atoms with Gasteiger partial charge in [0, 0.05) is 17.6 Å². The van der Waals surface area contributed by atoms with E-state index in [4.69, 9.17) is 5.73 Å². The Balaban J connectivity index is 2.17. The lowest BCUT2D eigenvalue weighted by Crippen LogP contribution is -2.29. The summed E-state index contributed by atoms with van der Waals surface area (Å²) in [5.41, 5.74) is 7.51. The number of thiazole rings is 1. The quantitative estimate of drug-likeness (QED) is 0.887. The molecule has 3 N–H and O–H groups in total. The molecular formula is C14H21N5OS. The Morgan fingerprint density at radius 1 is 1.52 bits per heavy atom. The number of nitrogen functional groups attached to an aromatic ring is 1. The van der Waals surface area contributed by atoms with Crippen molar-refractivity contribution in [1.82, 2.24) is 20.1 Å². The average molecular weight is 307 g/mol. The maximum atomic E-state index is 12.4. The first-order valence-corrected chi connectivity index (χ1v) is 7.87. The molecule has 0 aliphatic heterocycles. The first kappa shape index (κ1) is 15.5. The number of nitrogens with zero attached hydrogens (tertiary/aromatic N) is 3. The summed E-state index contributed by atoms with van der Waals surface area (Å²) in [4.78, 5) is 18.0. The first-order valence-electron chi connectivity index (χ1n) is 7.06. The number of carbonyl (C=O) groups excluding carboxylic acids is 1. The van der Waals surface area contributed by atoms with Gasteiger partial charge >= 0.3 is 0 Å². The second-order valence-electron chi connectivity index (χ2n) is 4.88. The van der Waals surface area contributed by atoms with Crippen LogP contribution in [0.15, 0.2) is 6.20 Å². The van der Waals surface area contributed by atoms with Gasteiger partial charge in [-0.3, -0.25) is 9.48 Å². The zero-order chi connectivity index (χ0) is 15.6. The largest absolute Gasteiger partial charge is 0.395 e. The van der Waals surface area contributed by atoms with Gasteiger partial charge in [-0.05, 0) is 27.2 Å². The highest BCUT2D eigenvalue weighted by Gasteiger charge is 2.21. The molecule has 0 saturated heterocycles. The fourth-order valence-corrected chi connectivity index (χ4v) is 2.94. The molecule has 0 aliphatic carbocycles. The lowest BCUT2D eigenvalue weighted by Gasteiger charge is -2.12. The third-order valence-corrected chi connectivity index (χ3v) is 4.65. The molecule has 1 unspecified atom stereocenters. The van der Waals surface area contributed by atoms with E-state index in [2.05, 4.69) is 22.3 Å². The fourth-order valence-electron chi connectivity index (χ4n) is 2.08. The van der Waals surface area contributed by atoms with Crippen molar-refractivity contribution in [2.24, 2.45) is 0 Å². The molecule has 2 aromatic heterocycles. The molecule has 0 aliphatic rings. The molecule has 6 nitrogen and oxygen atoms in total. The van der Waals surface area contributed by atoms with Gasteiger partial charge in [0.25, 0.3) is 5.91 Å². The van der Waals surface area contributed by atoms with Crippen molar-refractivity contribution in [3.05, 3.63) is 27.5 Å². The number of anilines is 1. The SMILES string of the molecule is CCc1cnc(C(C)NC(=O)c2c(N)c(C)nn2CC)s1. The van der Waals surface area contributed by atoms with Crippen LogP contribution >= 0.6 is 11.3 Å². The summed E-state index contributed by atoms with van der Waals surface area (Å²) in [5.74, 6) is -0.212. The molecule has 2 heterocycles. The smallest absolute Gasteiger partial charge is 0.272 e. The fraction of sp³-hybridized carbons (Fsp3) is 0.500. The maximum Gasteiger partial charge on any atom is 0.272 e. The van der Waals surface area contributed by atoms with E-state index < -0.39 is 0 Å². The Bertz CT molecular complexity index is 646. The molecule has 0 spiro atoms. The number of aromatic nitrogens is 3. The summed E-state index contributed by atoms with van der Waals surface area (Å²) in [7, 11) is 0. The molecule has 0 saturated carbocycles. The van der Waals surface area contributed by atoms with Crippen molar-refractivity contribution >= 4 is 22.9 Å². The van der Waals surface area contributed by atoms with Crippen molar-refractivity contribution in [3.63, 3.8) is 0 Å². The standard InChI is InChI=1S/C14H21N5OS/c1-5-10-7-16-14(21-10)9(4)17-13(20)12-11(15)8(3)18-19(12)6-2/h7,9H,5-6,15H2,1-4H3,(H,17,20). The Kier molecular flexibility index (Phi) is 4.62. The monoisotopic (exact) mass is 307 g/mol. The Morgan fingerprint density at radius 2 is 2.24 bits per heavy atom. The first-order chi connectivity index (χ1) is 9.97. The lowest BCUT2D eigenvalue weighted by atomic mass is 10.2. The minimum Gasteiger partial charge on any atom is -0.395 e.